The monoisotopic (exact) mass is 413 g/mol. The van der Waals surface area contributed by atoms with Crippen molar-refractivity contribution in [1.82, 2.24) is 0 Å². The molecule has 7 nitrogen and oxygen atoms in total. The zero-order chi connectivity index (χ0) is 22.1. The van der Waals surface area contributed by atoms with Crippen LogP contribution >= 0.6 is 0 Å². The van der Waals surface area contributed by atoms with Crippen LogP contribution in [0.1, 0.15) is 37.0 Å². The topological polar surface area (TPSA) is 105 Å². The molecule has 1 amide bonds. The summed E-state index contributed by atoms with van der Waals surface area (Å²) in [6.45, 7) is 3.86. The Morgan fingerprint density at radius 1 is 1.17 bits per heavy atom. The van der Waals surface area contributed by atoms with Crippen LogP contribution in [0.4, 0.5) is 10.5 Å². The number of phenols is 1. The van der Waals surface area contributed by atoms with Crippen molar-refractivity contribution in [2.24, 2.45) is 5.92 Å². The van der Waals surface area contributed by atoms with Gasteiger partial charge in [-0.1, -0.05) is 36.8 Å². The van der Waals surface area contributed by atoms with E-state index in [9.17, 15) is 14.7 Å². The number of carbonyl (C=O) groups excluding carboxylic acids is 1. The summed E-state index contributed by atoms with van der Waals surface area (Å²) >= 11 is 0. The number of nitrogens with one attached hydrogen (secondary N) is 1. The molecule has 2 atom stereocenters. The molecule has 160 valence electrons. The van der Waals surface area contributed by atoms with Crippen LogP contribution in [-0.2, 0) is 9.53 Å². The first-order chi connectivity index (χ1) is 14.3. The van der Waals surface area contributed by atoms with E-state index in [1.54, 1.807) is 30.3 Å². The molecule has 0 unspecified atom stereocenters. The van der Waals surface area contributed by atoms with Crippen molar-refractivity contribution in [2.75, 3.05) is 12.4 Å². The summed E-state index contributed by atoms with van der Waals surface area (Å²) in [5, 5.41) is 21.6. The molecular weight excluding hydrogens is 386 g/mol. The second-order valence-corrected chi connectivity index (χ2v) is 7.04. The van der Waals surface area contributed by atoms with Gasteiger partial charge in [0.05, 0.1) is 7.11 Å². The van der Waals surface area contributed by atoms with Crippen molar-refractivity contribution in [3.63, 3.8) is 0 Å². The van der Waals surface area contributed by atoms with E-state index in [1.165, 1.54) is 13.2 Å². The number of carbonyl (C=O) groups is 2. The van der Waals surface area contributed by atoms with Crippen molar-refractivity contribution < 1.29 is 29.3 Å². The molecule has 0 aliphatic rings. The fourth-order valence-electron chi connectivity index (χ4n) is 2.99. The number of hydrogen-bond acceptors (Lipinski definition) is 5. The molecular formula is C23H27NO6. The van der Waals surface area contributed by atoms with E-state index in [2.05, 4.69) is 5.32 Å². The largest absolute Gasteiger partial charge is 0.504 e. The highest BCUT2D eigenvalue weighted by atomic mass is 16.6. The number of aryl methyl sites for hydroxylation is 1. The molecule has 0 saturated heterocycles. The van der Waals surface area contributed by atoms with Crippen LogP contribution in [0.2, 0.25) is 0 Å². The highest BCUT2D eigenvalue weighted by molar-refractivity contribution is 5.84. The molecule has 0 heterocycles. The number of methoxy groups -OCH3 is 1. The number of aliphatic carboxylic acids is 1. The molecule has 0 aliphatic carbocycles. The molecule has 2 aromatic rings. The van der Waals surface area contributed by atoms with Crippen LogP contribution in [0, 0.1) is 12.8 Å². The fourth-order valence-corrected chi connectivity index (χ4v) is 2.99. The molecule has 0 saturated carbocycles. The van der Waals surface area contributed by atoms with E-state index in [1.807, 2.05) is 26.0 Å². The number of carboxylic acid groups (broad SMARTS) is 1. The Hall–Kier alpha value is -3.48. The van der Waals surface area contributed by atoms with E-state index in [4.69, 9.17) is 14.6 Å². The third kappa shape index (κ3) is 6.84. The van der Waals surface area contributed by atoms with E-state index in [0.717, 1.165) is 11.6 Å². The Labute approximate surface area is 176 Å². The number of carboxylic acids is 1. The maximum absolute atomic E-state index is 12.5. The van der Waals surface area contributed by atoms with Crippen LogP contribution in [0.5, 0.6) is 11.5 Å². The lowest BCUT2D eigenvalue weighted by molar-refractivity contribution is -0.131. The van der Waals surface area contributed by atoms with Gasteiger partial charge >= 0.3 is 12.1 Å². The predicted molar refractivity (Wildman–Crippen MR) is 114 cm³/mol. The summed E-state index contributed by atoms with van der Waals surface area (Å²) < 4.78 is 10.8. The van der Waals surface area contributed by atoms with Crippen molar-refractivity contribution >= 4 is 17.7 Å². The Bertz CT molecular complexity index is 891. The predicted octanol–water partition coefficient (Wildman–Crippen LogP) is 5.06. The lowest BCUT2D eigenvalue weighted by Crippen LogP contribution is -2.22. The van der Waals surface area contributed by atoms with Crippen molar-refractivity contribution in [2.45, 2.75) is 32.8 Å². The molecule has 0 radical (unpaired) electrons. The van der Waals surface area contributed by atoms with Gasteiger partial charge in [0.25, 0.3) is 0 Å². The quantitative estimate of drug-likeness (QED) is 0.497. The summed E-state index contributed by atoms with van der Waals surface area (Å²) in [7, 11) is 1.45. The van der Waals surface area contributed by atoms with E-state index in [-0.39, 0.29) is 11.7 Å². The zero-order valence-electron chi connectivity index (χ0n) is 17.3. The number of amides is 1. The van der Waals surface area contributed by atoms with Gasteiger partial charge in [0.1, 0.15) is 6.10 Å². The summed E-state index contributed by atoms with van der Waals surface area (Å²) in [6, 6.07) is 12.2. The molecule has 0 fully saturated rings. The Kier molecular flexibility index (Phi) is 8.29. The van der Waals surface area contributed by atoms with Crippen LogP contribution in [0.15, 0.2) is 54.6 Å². The normalized spacial score (nSPS) is 12.9. The number of ether oxygens (including phenoxy) is 2. The van der Waals surface area contributed by atoms with Crippen molar-refractivity contribution in [3.8, 4) is 11.5 Å². The zero-order valence-corrected chi connectivity index (χ0v) is 17.3. The Balaban J connectivity index is 2.16. The SMILES string of the molecule is COc1ccc([C@H](OC(=O)Nc2ccc(C)cc2)[C@@H](C)CC/C=C/C(=O)O)cc1O. The highest BCUT2D eigenvalue weighted by Crippen LogP contribution is 2.35. The molecule has 0 spiro atoms. The van der Waals surface area contributed by atoms with Crippen LogP contribution in [0.3, 0.4) is 0 Å². The number of phenolic OH excluding ortho intramolecular Hbond substituents is 1. The third-order valence-corrected chi connectivity index (χ3v) is 4.63. The number of benzene rings is 2. The molecule has 30 heavy (non-hydrogen) atoms. The molecule has 0 bridgehead atoms. The molecule has 0 aliphatic heterocycles. The van der Waals surface area contributed by atoms with Gasteiger partial charge in [0.2, 0.25) is 0 Å². The van der Waals surface area contributed by atoms with Crippen LogP contribution < -0.4 is 10.1 Å². The Morgan fingerprint density at radius 3 is 2.47 bits per heavy atom. The maximum atomic E-state index is 12.5. The van der Waals surface area contributed by atoms with Crippen molar-refractivity contribution in [1.29, 1.82) is 0 Å². The minimum Gasteiger partial charge on any atom is -0.504 e. The average Bonchev–Trinajstić information content (AvgIpc) is 2.70. The number of hydrogen-bond donors (Lipinski definition) is 3. The van der Waals surface area contributed by atoms with E-state index >= 15 is 0 Å². The highest BCUT2D eigenvalue weighted by Gasteiger charge is 2.24. The first-order valence-corrected chi connectivity index (χ1v) is 9.60. The number of anilines is 1. The van der Waals surface area contributed by atoms with Gasteiger partial charge in [-0.05, 0) is 55.5 Å². The van der Waals surface area contributed by atoms with Gasteiger partial charge in [-0.25, -0.2) is 9.59 Å². The van der Waals surface area contributed by atoms with Gasteiger partial charge in [-0.15, -0.1) is 0 Å². The smallest absolute Gasteiger partial charge is 0.412 e. The maximum Gasteiger partial charge on any atom is 0.412 e. The molecule has 2 aromatic carbocycles. The van der Waals surface area contributed by atoms with Crippen LogP contribution in [0.25, 0.3) is 0 Å². The minimum absolute atomic E-state index is 0.0551. The van der Waals surface area contributed by atoms with Gasteiger partial charge in [0.15, 0.2) is 11.5 Å². The minimum atomic E-state index is -1.01. The second-order valence-electron chi connectivity index (χ2n) is 7.04. The summed E-state index contributed by atoms with van der Waals surface area (Å²) in [5.74, 6) is -0.882. The lowest BCUT2D eigenvalue weighted by Gasteiger charge is -2.25. The van der Waals surface area contributed by atoms with Gasteiger partial charge in [-0.2, -0.15) is 0 Å². The van der Waals surface area contributed by atoms with Gasteiger partial charge in [0, 0.05) is 11.8 Å². The van der Waals surface area contributed by atoms with E-state index in [0.29, 0.717) is 29.8 Å². The lowest BCUT2D eigenvalue weighted by atomic mass is 9.92. The fraction of sp³-hybridized carbons (Fsp3) is 0.304. The molecule has 2 rings (SSSR count). The van der Waals surface area contributed by atoms with Crippen molar-refractivity contribution in [3.05, 3.63) is 65.7 Å². The average molecular weight is 413 g/mol. The first-order valence-electron chi connectivity index (χ1n) is 9.60. The summed E-state index contributed by atoms with van der Waals surface area (Å²) in [6.07, 6.45) is 2.48. The molecule has 3 N–H and O–H groups in total. The van der Waals surface area contributed by atoms with Gasteiger partial charge < -0.3 is 19.7 Å². The number of rotatable bonds is 9. The number of aromatic hydroxyl groups is 1. The molecule has 0 aromatic heterocycles. The molecule has 7 heteroatoms. The second kappa shape index (κ2) is 10.9. The standard InChI is InChI=1S/C23H27NO6/c1-15-8-11-18(12-9-15)24-23(28)30-22(16(2)6-4-5-7-21(26)27)17-10-13-20(29-3)19(25)14-17/h5,7-14,16,22,25H,4,6H2,1-3H3,(H,24,28)(H,26,27)/b7-5+/t16-,22+/m0/s1. The summed E-state index contributed by atoms with van der Waals surface area (Å²) in [4.78, 5) is 23.1. The summed E-state index contributed by atoms with van der Waals surface area (Å²) in [5.41, 5.74) is 2.30. The van der Waals surface area contributed by atoms with Crippen LogP contribution in [-0.4, -0.2) is 29.4 Å². The first kappa shape index (κ1) is 22.8. The Morgan fingerprint density at radius 2 is 1.87 bits per heavy atom. The third-order valence-electron chi connectivity index (χ3n) is 4.63. The van der Waals surface area contributed by atoms with E-state index < -0.39 is 18.2 Å². The number of allylic oxidation sites excluding steroid dienone is 1. The van der Waals surface area contributed by atoms with Gasteiger partial charge in [-0.3, -0.25) is 5.32 Å².